The average molecular weight is 416 g/mol. The van der Waals surface area contributed by atoms with Gasteiger partial charge in [-0.15, -0.1) is 0 Å². The molecule has 0 fully saturated rings. The van der Waals surface area contributed by atoms with Crippen molar-refractivity contribution in [1.29, 1.82) is 0 Å². The lowest BCUT2D eigenvalue weighted by Gasteiger charge is -2.11. The van der Waals surface area contributed by atoms with Crippen LogP contribution in [0.25, 0.3) is 11.6 Å². The molecule has 1 N–H and O–H groups in total. The van der Waals surface area contributed by atoms with Gasteiger partial charge in [0.15, 0.2) is 0 Å². The lowest BCUT2D eigenvalue weighted by Crippen LogP contribution is -2.28. The van der Waals surface area contributed by atoms with Crippen LogP contribution in [-0.4, -0.2) is 24.0 Å². The van der Waals surface area contributed by atoms with Gasteiger partial charge in [-0.2, -0.15) is 0 Å². The molecule has 158 valence electrons. The quantitative estimate of drug-likeness (QED) is 0.185. The minimum Gasteiger partial charge on any atom is -0.492 e. The molecule has 1 amide bonds. The number of non-ortho nitro benzene ring substituents is 1. The number of aryl methyl sites for hydroxylation is 2. The molecular formula is C25H24N2O4. The van der Waals surface area contributed by atoms with Gasteiger partial charge in [-0.1, -0.05) is 48.5 Å². The first-order valence-corrected chi connectivity index (χ1v) is 9.94. The Morgan fingerprint density at radius 3 is 2.48 bits per heavy atom. The Hall–Kier alpha value is -3.93. The summed E-state index contributed by atoms with van der Waals surface area (Å²) in [7, 11) is 0. The van der Waals surface area contributed by atoms with E-state index in [1.807, 2.05) is 62.4 Å². The van der Waals surface area contributed by atoms with Gasteiger partial charge in [-0.25, -0.2) is 0 Å². The van der Waals surface area contributed by atoms with Crippen molar-refractivity contribution in [2.45, 2.75) is 13.8 Å². The number of benzene rings is 3. The van der Waals surface area contributed by atoms with Crippen molar-refractivity contribution in [3.05, 3.63) is 105 Å². The van der Waals surface area contributed by atoms with Crippen LogP contribution >= 0.6 is 0 Å². The molecule has 0 radical (unpaired) electrons. The van der Waals surface area contributed by atoms with Gasteiger partial charge in [-0.3, -0.25) is 14.9 Å². The molecule has 0 saturated heterocycles. The lowest BCUT2D eigenvalue weighted by atomic mass is 10.0. The van der Waals surface area contributed by atoms with E-state index < -0.39 is 4.92 Å². The fourth-order valence-corrected chi connectivity index (χ4v) is 3.02. The molecule has 0 spiro atoms. The normalized spacial score (nSPS) is 11.1. The molecule has 0 saturated carbocycles. The highest BCUT2D eigenvalue weighted by atomic mass is 16.6. The molecule has 0 heterocycles. The third kappa shape index (κ3) is 6.02. The largest absolute Gasteiger partial charge is 0.492 e. The molecular weight excluding hydrogens is 392 g/mol. The van der Waals surface area contributed by atoms with Crippen LogP contribution in [0.15, 0.2) is 72.8 Å². The second-order valence-corrected chi connectivity index (χ2v) is 7.13. The molecule has 0 bridgehead atoms. The van der Waals surface area contributed by atoms with E-state index in [1.54, 1.807) is 18.2 Å². The zero-order valence-electron chi connectivity index (χ0n) is 17.5. The monoisotopic (exact) mass is 416 g/mol. The molecule has 0 aliphatic rings. The maximum absolute atomic E-state index is 12.9. The van der Waals surface area contributed by atoms with Crippen LogP contribution in [0.1, 0.15) is 22.3 Å². The van der Waals surface area contributed by atoms with Crippen molar-refractivity contribution in [3.63, 3.8) is 0 Å². The number of ether oxygens (including phenoxy) is 1. The minimum atomic E-state index is -0.455. The van der Waals surface area contributed by atoms with Crippen molar-refractivity contribution in [3.8, 4) is 5.75 Å². The summed E-state index contributed by atoms with van der Waals surface area (Å²) in [6, 6.07) is 21.3. The summed E-state index contributed by atoms with van der Waals surface area (Å²) in [5, 5.41) is 13.9. The van der Waals surface area contributed by atoms with Gasteiger partial charge in [0.2, 0.25) is 0 Å². The smallest absolute Gasteiger partial charge is 0.270 e. The summed E-state index contributed by atoms with van der Waals surface area (Å²) in [5.74, 6) is 0.481. The zero-order chi connectivity index (χ0) is 22.2. The van der Waals surface area contributed by atoms with Crippen LogP contribution in [0.5, 0.6) is 5.75 Å². The summed E-state index contributed by atoms with van der Waals surface area (Å²) in [6.45, 7) is 4.71. The molecule has 6 nitrogen and oxygen atoms in total. The lowest BCUT2D eigenvalue weighted by molar-refractivity contribution is -0.384. The third-order valence-electron chi connectivity index (χ3n) is 4.86. The van der Waals surface area contributed by atoms with E-state index in [0.29, 0.717) is 24.3 Å². The number of rotatable bonds is 8. The number of hydrogen-bond donors (Lipinski definition) is 1. The summed E-state index contributed by atoms with van der Waals surface area (Å²) in [5.41, 5.74) is 4.04. The van der Waals surface area contributed by atoms with Crippen LogP contribution in [0, 0.1) is 24.0 Å². The van der Waals surface area contributed by atoms with E-state index in [9.17, 15) is 14.9 Å². The topological polar surface area (TPSA) is 81.5 Å². The van der Waals surface area contributed by atoms with Crippen LogP contribution in [0.3, 0.4) is 0 Å². The van der Waals surface area contributed by atoms with E-state index >= 15 is 0 Å². The van der Waals surface area contributed by atoms with Gasteiger partial charge >= 0.3 is 0 Å². The Bertz CT molecular complexity index is 1110. The number of nitrogens with one attached hydrogen (secondary N) is 1. The summed E-state index contributed by atoms with van der Waals surface area (Å²) < 4.78 is 5.73. The highest BCUT2D eigenvalue weighted by Gasteiger charge is 2.13. The number of nitrogens with zero attached hydrogens (tertiary/aromatic N) is 1. The van der Waals surface area contributed by atoms with Gasteiger partial charge in [0, 0.05) is 17.7 Å². The molecule has 3 rings (SSSR count). The summed E-state index contributed by atoms with van der Waals surface area (Å²) in [4.78, 5) is 23.5. The maximum Gasteiger partial charge on any atom is 0.270 e. The second-order valence-electron chi connectivity index (χ2n) is 7.13. The van der Waals surface area contributed by atoms with Gasteiger partial charge in [-0.05, 0) is 54.3 Å². The number of carbonyl (C=O) groups excluding carboxylic acids is 1. The maximum atomic E-state index is 12.9. The summed E-state index contributed by atoms with van der Waals surface area (Å²) in [6.07, 6.45) is 1.65. The number of carbonyl (C=O) groups is 1. The predicted molar refractivity (Wildman–Crippen MR) is 122 cm³/mol. The first kappa shape index (κ1) is 21.8. The minimum absolute atomic E-state index is 0.0247. The van der Waals surface area contributed by atoms with Gasteiger partial charge < -0.3 is 10.1 Å². The van der Waals surface area contributed by atoms with Crippen molar-refractivity contribution in [1.82, 2.24) is 5.32 Å². The van der Waals surface area contributed by atoms with Crippen molar-refractivity contribution < 1.29 is 14.5 Å². The Kier molecular flexibility index (Phi) is 7.17. The van der Waals surface area contributed by atoms with Gasteiger partial charge in [0.25, 0.3) is 11.6 Å². The molecule has 0 aliphatic heterocycles. The van der Waals surface area contributed by atoms with E-state index in [-0.39, 0.29) is 11.6 Å². The van der Waals surface area contributed by atoms with Crippen LogP contribution in [0.4, 0.5) is 5.69 Å². The number of nitro groups is 1. The molecule has 0 aromatic heterocycles. The Labute approximate surface area is 181 Å². The van der Waals surface area contributed by atoms with Crippen LogP contribution < -0.4 is 10.1 Å². The Morgan fingerprint density at radius 2 is 1.77 bits per heavy atom. The highest BCUT2D eigenvalue weighted by molar-refractivity contribution is 6.24. The third-order valence-corrected chi connectivity index (χ3v) is 4.86. The van der Waals surface area contributed by atoms with E-state index in [4.69, 9.17) is 4.74 Å². The zero-order valence-corrected chi connectivity index (χ0v) is 17.5. The molecule has 0 aliphatic carbocycles. The first-order chi connectivity index (χ1) is 14.9. The molecule has 3 aromatic carbocycles. The van der Waals surface area contributed by atoms with E-state index in [2.05, 4.69) is 5.32 Å². The predicted octanol–water partition coefficient (Wildman–Crippen LogP) is 4.95. The van der Waals surface area contributed by atoms with Crippen LogP contribution in [-0.2, 0) is 4.79 Å². The van der Waals surface area contributed by atoms with E-state index in [1.165, 1.54) is 17.7 Å². The SMILES string of the molecule is Cc1ccc(OCCNC(=O)/C(=C/c2cccc([N+](=O)[O-])c2)c2ccccc2)cc1C. The average Bonchev–Trinajstić information content (AvgIpc) is 2.78. The van der Waals surface area contributed by atoms with Crippen molar-refractivity contribution in [2.24, 2.45) is 0 Å². The van der Waals surface area contributed by atoms with Crippen LogP contribution in [0.2, 0.25) is 0 Å². The molecule has 6 heteroatoms. The first-order valence-electron chi connectivity index (χ1n) is 9.94. The number of nitro benzene ring substituents is 1. The molecule has 3 aromatic rings. The van der Waals surface area contributed by atoms with Gasteiger partial charge in [0.1, 0.15) is 12.4 Å². The van der Waals surface area contributed by atoms with Crippen molar-refractivity contribution in [2.75, 3.05) is 13.2 Å². The second kappa shape index (κ2) is 10.2. The van der Waals surface area contributed by atoms with Gasteiger partial charge in [0.05, 0.1) is 11.5 Å². The standard InChI is InChI=1S/C25H24N2O4/c1-18-11-12-23(15-19(18)2)31-14-13-26-25(28)24(21-8-4-3-5-9-21)17-20-7-6-10-22(16-20)27(29)30/h3-12,15-17H,13-14H2,1-2H3,(H,26,28)/b24-17+. The van der Waals surface area contributed by atoms with E-state index in [0.717, 1.165) is 16.9 Å². The summed E-state index contributed by atoms with van der Waals surface area (Å²) >= 11 is 0. The van der Waals surface area contributed by atoms with Crippen molar-refractivity contribution >= 4 is 23.2 Å². The highest BCUT2D eigenvalue weighted by Crippen LogP contribution is 2.21. The molecule has 0 unspecified atom stereocenters. The molecule has 0 atom stereocenters. The fourth-order valence-electron chi connectivity index (χ4n) is 3.02. The number of amides is 1. The fraction of sp³-hybridized carbons (Fsp3) is 0.160. The number of hydrogen-bond acceptors (Lipinski definition) is 4. The Morgan fingerprint density at radius 1 is 1.00 bits per heavy atom. The molecule has 31 heavy (non-hydrogen) atoms. The Balaban J connectivity index is 1.72.